The first-order valence-corrected chi connectivity index (χ1v) is 7.55. The largest absolute Gasteiger partial charge is 0.481 e. The Labute approximate surface area is 144 Å². The van der Waals surface area contributed by atoms with Crippen molar-refractivity contribution in [3.8, 4) is 5.88 Å². The fraction of sp³-hybridized carbons (Fsp3) is 0.235. The molecule has 0 bridgehead atoms. The number of carbonyl (C=O) groups excluding carboxylic acids is 2. The van der Waals surface area contributed by atoms with E-state index in [1.54, 1.807) is 42.6 Å². The van der Waals surface area contributed by atoms with E-state index >= 15 is 0 Å². The maximum atomic E-state index is 12.4. The number of aromatic nitrogens is 1. The number of hydrogen-bond acceptors (Lipinski definition) is 5. The number of rotatable bonds is 6. The minimum absolute atomic E-state index is 0.180. The van der Waals surface area contributed by atoms with Crippen LogP contribution in [0, 0.1) is 0 Å². The number of hydrogen-bond donors (Lipinski definition) is 1. The van der Waals surface area contributed by atoms with E-state index in [9.17, 15) is 9.59 Å². The van der Waals surface area contributed by atoms with Gasteiger partial charge in [-0.15, -0.1) is 0 Å². The molecule has 1 N–H and O–H groups in total. The van der Waals surface area contributed by atoms with E-state index in [1.807, 2.05) is 0 Å². The van der Waals surface area contributed by atoms with E-state index in [0.29, 0.717) is 16.5 Å². The quantitative estimate of drug-likeness (QED) is 0.810. The third-order valence-electron chi connectivity index (χ3n) is 3.38. The summed E-state index contributed by atoms with van der Waals surface area (Å²) in [5, 5.41) is 2.95. The van der Waals surface area contributed by atoms with Gasteiger partial charge in [-0.2, -0.15) is 0 Å². The molecule has 2 aromatic rings. The summed E-state index contributed by atoms with van der Waals surface area (Å²) in [4.78, 5) is 28.5. The molecule has 0 unspecified atom stereocenters. The van der Waals surface area contributed by atoms with Crippen LogP contribution in [0.1, 0.15) is 15.9 Å². The van der Waals surface area contributed by atoms with Crippen molar-refractivity contribution in [3.05, 3.63) is 58.7 Å². The Morgan fingerprint density at radius 2 is 1.96 bits per heavy atom. The van der Waals surface area contributed by atoms with Crippen molar-refractivity contribution in [3.63, 3.8) is 0 Å². The van der Waals surface area contributed by atoms with Crippen molar-refractivity contribution in [2.24, 2.45) is 0 Å². The highest BCUT2D eigenvalue weighted by Gasteiger charge is 2.25. The Morgan fingerprint density at radius 1 is 1.21 bits per heavy atom. The van der Waals surface area contributed by atoms with Crippen LogP contribution in [0.15, 0.2) is 42.6 Å². The van der Waals surface area contributed by atoms with Crippen LogP contribution in [-0.2, 0) is 16.0 Å². The number of pyridine rings is 1. The molecule has 0 spiro atoms. The SMILES string of the molecule is COC(=O)[C@@H](Cc1cccnc1OC)NC(=O)c1ccccc1Cl. The summed E-state index contributed by atoms with van der Waals surface area (Å²) in [5.41, 5.74) is 0.959. The number of amides is 1. The number of ether oxygens (including phenoxy) is 2. The zero-order chi connectivity index (χ0) is 17.5. The van der Waals surface area contributed by atoms with Gasteiger partial charge < -0.3 is 14.8 Å². The van der Waals surface area contributed by atoms with Gasteiger partial charge in [0.05, 0.1) is 24.8 Å². The highest BCUT2D eigenvalue weighted by Crippen LogP contribution is 2.18. The maximum absolute atomic E-state index is 12.4. The molecule has 0 saturated heterocycles. The molecule has 0 aliphatic carbocycles. The summed E-state index contributed by atoms with van der Waals surface area (Å²) in [6.07, 6.45) is 1.76. The van der Waals surface area contributed by atoms with Gasteiger partial charge >= 0.3 is 5.97 Å². The van der Waals surface area contributed by atoms with Gasteiger partial charge in [0.2, 0.25) is 5.88 Å². The zero-order valence-electron chi connectivity index (χ0n) is 13.3. The lowest BCUT2D eigenvalue weighted by Gasteiger charge is -2.18. The fourth-order valence-electron chi connectivity index (χ4n) is 2.20. The van der Waals surface area contributed by atoms with E-state index in [4.69, 9.17) is 21.1 Å². The minimum atomic E-state index is -0.892. The van der Waals surface area contributed by atoms with Crippen LogP contribution in [0.4, 0.5) is 0 Å². The van der Waals surface area contributed by atoms with Gasteiger partial charge in [0.25, 0.3) is 5.91 Å². The number of nitrogens with one attached hydrogen (secondary N) is 1. The van der Waals surface area contributed by atoms with Gasteiger partial charge in [-0.1, -0.05) is 29.8 Å². The predicted molar refractivity (Wildman–Crippen MR) is 89.2 cm³/mol. The molecule has 126 valence electrons. The molecular weight excluding hydrogens is 332 g/mol. The Kier molecular flexibility index (Phi) is 6.14. The van der Waals surface area contributed by atoms with Gasteiger partial charge in [0, 0.05) is 18.2 Å². The highest BCUT2D eigenvalue weighted by molar-refractivity contribution is 6.33. The molecule has 2 rings (SSSR count). The molecule has 0 fully saturated rings. The molecule has 0 aliphatic rings. The molecule has 0 saturated carbocycles. The smallest absolute Gasteiger partial charge is 0.328 e. The van der Waals surface area contributed by atoms with Crippen molar-refractivity contribution in [2.75, 3.05) is 14.2 Å². The lowest BCUT2D eigenvalue weighted by atomic mass is 10.1. The van der Waals surface area contributed by atoms with Crippen molar-refractivity contribution in [2.45, 2.75) is 12.5 Å². The fourth-order valence-corrected chi connectivity index (χ4v) is 2.42. The molecule has 0 radical (unpaired) electrons. The van der Waals surface area contributed by atoms with Gasteiger partial charge in [-0.3, -0.25) is 4.79 Å². The normalized spacial score (nSPS) is 11.5. The van der Waals surface area contributed by atoms with E-state index in [-0.39, 0.29) is 12.0 Å². The summed E-state index contributed by atoms with van der Waals surface area (Å²) in [7, 11) is 2.75. The average Bonchev–Trinajstić information content (AvgIpc) is 2.61. The van der Waals surface area contributed by atoms with Crippen LogP contribution in [0.2, 0.25) is 5.02 Å². The number of halogens is 1. The van der Waals surface area contributed by atoms with Crippen LogP contribution >= 0.6 is 11.6 Å². The average molecular weight is 349 g/mol. The van der Waals surface area contributed by atoms with Gasteiger partial charge in [-0.05, 0) is 18.2 Å². The maximum Gasteiger partial charge on any atom is 0.328 e. The van der Waals surface area contributed by atoms with Crippen LogP contribution in [-0.4, -0.2) is 37.1 Å². The van der Waals surface area contributed by atoms with Gasteiger partial charge in [0.15, 0.2) is 0 Å². The Hall–Kier alpha value is -2.60. The van der Waals surface area contributed by atoms with Crippen molar-refractivity contribution in [1.29, 1.82) is 0 Å². The zero-order valence-corrected chi connectivity index (χ0v) is 14.0. The number of nitrogens with zero attached hydrogens (tertiary/aromatic N) is 1. The predicted octanol–water partition coefficient (Wildman–Crippen LogP) is 2.26. The van der Waals surface area contributed by atoms with Crippen LogP contribution < -0.4 is 10.1 Å². The lowest BCUT2D eigenvalue weighted by molar-refractivity contribution is -0.142. The molecule has 7 heteroatoms. The summed E-state index contributed by atoms with van der Waals surface area (Å²) < 4.78 is 9.95. The van der Waals surface area contributed by atoms with E-state index < -0.39 is 17.9 Å². The lowest BCUT2D eigenvalue weighted by Crippen LogP contribution is -2.43. The molecule has 24 heavy (non-hydrogen) atoms. The van der Waals surface area contributed by atoms with E-state index in [1.165, 1.54) is 14.2 Å². The third kappa shape index (κ3) is 4.23. The first-order chi connectivity index (χ1) is 11.6. The molecule has 1 amide bonds. The summed E-state index contributed by atoms with van der Waals surface area (Å²) in [6, 6.07) is 9.20. The summed E-state index contributed by atoms with van der Waals surface area (Å²) in [6.45, 7) is 0. The number of benzene rings is 1. The first-order valence-electron chi connectivity index (χ1n) is 7.18. The summed E-state index contributed by atoms with van der Waals surface area (Å²) >= 11 is 6.02. The highest BCUT2D eigenvalue weighted by atomic mass is 35.5. The van der Waals surface area contributed by atoms with Crippen molar-refractivity contribution in [1.82, 2.24) is 10.3 Å². The molecule has 0 aliphatic heterocycles. The molecule has 1 atom stereocenters. The molecular formula is C17H17ClN2O4. The van der Waals surface area contributed by atoms with Crippen molar-refractivity contribution < 1.29 is 19.1 Å². The Bertz CT molecular complexity index is 736. The van der Waals surface area contributed by atoms with Crippen LogP contribution in [0.3, 0.4) is 0 Å². The second-order valence-electron chi connectivity index (χ2n) is 4.90. The third-order valence-corrected chi connectivity index (χ3v) is 3.71. The summed E-state index contributed by atoms with van der Waals surface area (Å²) in [5.74, 6) is -0.640. The van der Waals surface area contributed by atoms with Crippen LogP contribution in [0.25, 0.3) is 0 Å². The monoisotopic (exact) mass is 348 g/mol. The first kappa shape index (κ1) is 17.7. The minimum Gasteiger partial charge on any atom is -0.481 e. The molecule has 1 aromatic heterocycles. The Balaban J connectivity index is 2.22. The number of esters is 1. The van der Waals surface area contributed by atoms with Gasteiger partial charge in [0.1, 0.15) is 6.04 Å². The molecule has 6 nitrogen and oxygen atoms in total. The number of methoxy groups -OCH3 is 2. The van der Waals surface area contributed by atoms with E-state index in [2.05, 4.69) is 10.3 Å². The van der Waals surface area contributed by atoms with Crippen LogP contribution in [0.5, 0.6) is 5.88 Å². The van der Waals surface area contributed by atoms with Gasteiger partial charge in [-0.25, -0.2) is 9.78 Å². The second kappa shape index (κ2) is 8.31. The second-order valence-corrected chi connectivity index (χ2v) is 5.31. The van der Waals surface area contributed by atoms with E-state index in [0.717, 1.165) is 0 Å². The topological polar surface area (TPSA) is 77.5 Å². The molecule has 1 aromatic carbocycles. The Morgan fingerprint density at radius 3 is 2.62 bits per heavy atom. The standard InChI is InChI=1S/C17H17ClN2O4/c1-23-16-11(6-5-9-19-16)10-14(17(22)24-2)20-15(21)12-7-3-4-8-13(12)18/h3-9,14H,10H2,1-2H3,(H,20,21)/t14-/m1/s1. The molecule has 1 heterocycles. The number of carbonyl (C=O) groups is 2. The van der Waals surface area contributed by atoms with Crippen molar-refractivity contribution >= 4 is 23.5 Å².